The number of ether oxygens (including phenoxy) is 1. The van der Waals surface area contributed by atoms with Crippen molar-refractivity contribution in [3.8, 4) is 5.75 Å². The highest BCUT2D eigenvalue weighted by Gasteiger charge is 2.28. The number of rotatable bonds is 9. The largest absolute Gasteiger partial charge is 0.494 e. The molecule has 7 heteroatoms. The molecule has 0 aliphatic heterocycles. The van der Waals surface area contributed by atoms with Crippen LogP contribution in [0.3, 0.4) is 0 Å². The fourth-order valence-corrected chi connectivity index (χ4v) is 4.05. The van der Waals surface area contributed by atoms with Crippen molar-refractivity contribution in [3.63, 3.8) is 0 Å². The first-order valence-corrected chi connectivity index (χ1v) is 11.2. The van der Waals surface area contributed by atoms with Crippen molar-refractivity contribution in [1.82, 2.24) is 5.32 Å². The van der Waals surface area contributed by atoms with Gasteiger partial charge < -0.3 is 10.1 Å². The number of aryl methyl sites for hydroxylation is 1. The third-order valence-corrected chi connectivity index (χ3v) is 6.51. The third-order valence-electron chi connectivity index (χ3n) is 4.72. The number of carbonyl (C=O) groups is 1. The van der Waals surface area contributed by atoms with Crippen molar-refractivity contribution in [2.75, 3.05) is 17.5 Å². The lowest BCUT2D eigenvalue weighted by Gasteiger charge is -2.26. The van der Waals surface area contributed by atoms with Gasteiger partial charge in [-0.3, -0.25) is 9.10 Å². The molecule has 1 atom stereocenters. The lowest BCUT2D eigenvalue weighted by Crippen LogP contribution is -2.45. The Balaban J connectivity index is 2.37. The second-order valence-electron chi connectivity index (χ2n) is 7.35. The van der Waals surface area contributed by atoms with Gasteiger partial charge in [0.05, 0.1) is 17.2 Å². The van der Waals surface area contributed by atoms with E-state index in [-0.39, 0.29) is 29.3 Å². The molecule has 1 N–H and O–H groups in total. The Hall–Kier alpha value is -2.54. The summed E-state index contributed by atoms with van der Waals surface area (Å²) < 4.78 is 33.2. The smallest absolute Gasteiger partial charge is 0.264 e. The summed E-state index contributed by atoms with van der Waals surface area (Å²) in [6.07, 6.45) is 0. The molecule has 0 unspecified atom stereocenters. The number of nitrogens with zero attached hydrogens (tertiary/aromatic N) is 1. The van der Waals surface area contributed by atoms with Crippen molar-refractivity contribution in [3.05, 3.63) is 54.1 Å². The van der Waals surface area contributed by atoms with Crippen molar-refractivity contribution in [1.29, 1.82) is 0 Å². The van der Waals surface area contributed by atoms with Crippen LogP contribution in [0.1, 0.15) is 33.3 Å². The zero-order chi connectivity index (χ0) is 21.6. The first kappa shape index (κ1) is 22.7. The van der Waals surface area contributed by atoms with E-state index in [4.69, 9.17) is 4.74 Å². The van der Waals surface area contributed by atoms with Crippen LogP contribution in [0.25, 0.3) is 0 Å². The van der Waals surface area contributed by atoms with Crippen LogP contribution in [0.5, 0.6) is 5.75 Å². The number of carbonyl (C=O) groups excluding carboxylic acids is 1. The minimum atomic E-state index is -3.93. The van der Waals surface area contributed by atoms with Crippen LogP contribution in [0.15, 0.2) is 53.4 Å². The van der Waals surface area contributed by atoms with E-state index in [9.17, 15) is 13.2 Å². The minimum absolute atomic E-state index is 0.0597. The number of anilines is 1. The SMILES string of the molecule is CCOc1ccc(S(=O)(=O)N(CC(=O)N[C@H](C)C(C)C)c2ccc(C)cc2)cc1. The maximum absolute atomic E-state index is 13.3. The molecule has 0 aromatic heterocycles. The minimum Gasteiger partial charge on any atom is -0.494 e. The molecule has 2 rings (SSSR count). The molecule has 158 valence electrons. The standard InChI is InChI=1S/C22H30N2O4S/c1-6-28-20-11-13-21(14-12-20)29(26,27)24(19-9-7-17(4)8-10-19)15-22(25)23-18(5)16(2)3/h7-14,16,18H,6,15H2,1-5H3,(H,23,25)/t18-/m1/s1. The topological polar surface area (TPSA) is 75.7 Å². The van der Waals surface area contributed by atoms with Gasteiger partial charge in [-0.15, -0.1) is 0 Å². The summed E-state index contributed by atoms with van der Waals surface area (Å²) in [5.41, 5.74) is 1.45. The van der Waals surface area contributed by atoms with Crippen LogP contribution in [0.2, 0.25) is 0 Å². The molecular formula is C22H30N2O4S. The lowest BCUT2D eigenvalue weighted by molar-refractivity contribution is -0.120. The van der Waals surface area contributed by atoms with E-state index in [0.29, 0.717) is 18.0 Å². The highest BCUT2D eigenvalue weighted by Crippen LogP contribution is 2.25. The van der Waals surface area contributed by atoms with Crippen LogP contribution in [-0.2, 0) is 14.8 Å². The lowest BCUT2D eigenvalue weighted by atomic mass is 10.1. The van der Waals surface area contributed by atoms with E-state index in [2.05, 4.69) is 5.32 Å². The Morgan fingerprint density at radius 2 is 1.62 bits per heavy atom. The van der Waals surface area contributed by atoms with E-state index in [1.807, 2.05) is 46.8 Å². The highest BCUT2D eigenvalue weighted by atomic mass is 32.2. The molecule has 0 spiro atoms. The van der Waals surface area contributed by atoms with Crippen molar-refractivity contribution < 1.29 is 17.9 Å². The summed E-state index contributed by atoms with van der Waals surface area (Å²) in [5.74, 6) is 0.493. The summed E-state index contributed by atoms with van der Waals surface area (Å²) >= 11 is 0. The maximum Gasteiger partial charge on any atom is 0.264 e. The molecule has 2 aromatic rings. The quantitative estimate of drug-likeness (QED) is 0.673. The van der Waals surface area contributed by atoms with Crippen molar-refractivity contribution in [2.24, 2.45) is 5.92 Å². The third kappa shape index (κ3) is 5.97. The summed E-state index contributed by atoms with van der Waals surface area (Å²) in [6.45, 7) is 9.89. The van der Waals surface area contributed by atoms with Crippen LogP contribution >= 0.6 is 0 Å². The fraction of sp³-hybridized carbons (Fsp3) is 0.409. The Morgan fingerprint density at radius 3 is 2.14 bits per heavy atom. The van der Waals surface area contributed by atoms with E-state index >= 15 is 0 Å². The second kappa shape index (κ2) is 9.78. The summed E-state index contributed by atoms with van der Waals surface area (Å²) in [4.78, 5) is 12.7. The van der Waals surface area contributed by atoms with Gasteiger partial charge in [0.2, 0.25) is 5.91 Å². The van der Waals surface area contributed by atoms with Gasteiger partial charge >= 0.3 is 0 Å². The Kier molecular flexibility index (Phi) is 7.67. The number of hydrogen-bond donors (Lipinski definition) is 1. The van der Waals surface area contributed by atoms with Crippen LogP contribution in [0, 0.1) is 12.8 Å². The van der Waals surface area contributed by atoms with Crippen LogP contribution in [-0.4, -0.2) is 33.5 Å². The second-order valence-corrected chi connectivity index (χ2v) is 9.21. The highest BCUT2D eigenvalue weighted by molar-refractivity contribution is 7.92. The molecule has 6 nitrogen and oxygen atoms in total. The summed E-state index contributed by atoms with van der Waals surface area (Å²) in [7, 11) is -3.93. The van der Waals surface area contributed by atoms with Gasteiger partial charge in [0.15, 0.2) is 0 Å². The number of sulfonamides is 1. The van der Waals surface area contributed by atoms with Gasteiger partial charge in [-0.1, -0.05) is 31.5 Å². The van der Waals surface area contributed by atoms with E-state index < -0.39 is 10.0 Å². The molecule has 0 fully saturated rings. The molecule has 0 aliphatic carbocycles. The monoisotopic (exact) mass is 418 g/mol. The molecule has 0 bridgehead atoms. The summed E-state index contributed by atoms with van der Waals surface area (Å²) in [6, 6.07) is 13.2. The van der Waals surface area contributed by atoms with Crippen molar-refractivity contribution in [2.45, 2.75) is 45.6 Å². The molecule has 0 aliphatic rings. The predicted octanol–water partition coefficient (Wildman–Crippen LogP) is 3.75. The van der Waals surface area contributed by atoms with Crippen LogP contribution < -0.4 is 14.4 Å². The van der Waals surface area contributed by atoms with Gasteiger partial charge in [0, 0.05) is 6.04 Å². The Bertz CT molecular complexity index is 907. The molecule has 0 saturated carbocycles. The number of amides is 1. The van der Waals surface area contributed by atoms with Gasteiger partial charge in [-0.25, -0.2) is 8.42 Å². The Morgan fingerprint density at radius 1 is 1.03 bits per heavy atom. The zero-order valence-corrected chi connectivity index (χ0v) is 18.5. The number of nitrogens with one attached hydrogen (secondary N) is 1. The van der Waals surface area contributed by atoms with Gasteiger partial charge in [0.25, 0.3) is 10.0 Å². The average Bonchev–Trinajstić information content (AvgIpc) is 2.67. The zero-order valence-electron chi connectivity index (χ0n) is 17.7. The van der Waals surface area contributed by atoms with Gasteiger partial charge in [-0.05, 0) is 63.1 Å². The van der Waals surface area contributed by atoms with Crippen molar-refractivity contribution >= 4 is 21.6 Å². The molecule has 1 amide bonds. The number of hydrogen-bond acceptors (Lipinski definition) is 4. The molecule has 0 radical (unpaired) electrons. The fourth-order valence-electron chi connectivity index (χ4n) is 2.62. The average molecular weight is 419 g/mol. The number of benzene rings is 2. The molecule has 2 aromatic carbocycles. The first-order chi connectivity index (χ1) is 13.6. The molecule has 0 saturated heterocycles. The molecule has 0 heterocycles. The van der Waals surface area contributed by atoms with Gasteiger partial charge in [-0.2, -0.15) is 0 Å². The van der Waals surface area contributed by atoms with E-state index in [1.54, 1.807) is 24.3 Å². The van der Waals surface area contributed by atoms with Crippen LogP contribution in [0.4, 0.5) is 5.69 Å². The normalized spacial score (nSPS) is 12.5. The molecule has 29 heavy (non-hydrogen) atoms. The Labute approximate surface area is 173 Å². The first-order valence-electron chi connectivity index (χ1n) is 9.76. The van der Waals surface area contributed by atoms with Gasteiger partial charge in [0.1, 0.15) is 12.3 Å². The summed E-state index contributed by atoms with van der Waals surface area (Å²) in [5, 5.41) is 2.88. The van der Waals surface area contributed by atoms with E-state index in [1.165, 1.54) is 12.1 Å². The maximum atomic E-state index is 13.3. The predicted molar refractivity (Wildman–Crippen MR) is 116 cm³/mol. The van der Waals surface area contributed by atoms with E-state index in [0.717, 1.165) is 9.87 Å². The molecular weight excluding hydrogens is 388 g/mol.